The van der Waals surface area contributed by atoms with Crippen LogP contribution in [0.5, 0.6) is 0 Å². The lowest BCUT2D eigenvalue weighted by molar-refractivity contribution is -0.130. The van der Waals surface area contributed by atoms with Crippen molar-refractivity contribution in [2.45, 2.75) is 78.8 Å². The van der Waals surface area contributed by atoms with Gasteiger partial charge in [0.05, 0.1) is 6.04 Å². The van der Waals surface area contributed by atoms with Crippen molar-refractivity contribution < 1.29 is 4.79 Å². The van der Waals surface area contributed by atoms with E-state index in [1.54, 1.807) is 0 Å². The van der Waals surface area contributed by atoms with Gasteiger partial charge in [-0.05, 0) is 18.8 Å². The zero-order chi connectivity index (χ0) is 13.1. The molecule has 0 amide bonds. The van der Waals surface area contributed by atoms with Gasteiger partial charge in [-0.2, -0.15) is 0 Å². The Hall–Kier alpha value is -0.370. The Labute approximate surface area is 107 Å². The molecule has 1 aliphatic carbocycles. The van der Waals surface area contributed by atoms with Crippen LogP contribution in [-0.4, -0.2) is 17.9 Å². The molecule has 17 heavy (non-hydrogen) atoms. The second kappa shape index (κ2) is 5.99. The molecule has 2 heteroatoms. The second-order valence-corrected chi connectivity index (χ2v) is 6.81. The first-order chi connectivity index (χ1) is 7.82. The number of rotatable bonds is 4. The highest BCUT2D eigenvalue weighted by molar-refractivity contribution is 5.89. The van der Waals surface area contributed by atoms with Gasteiger partial charge in [0.15, 0.2) is 5.78 Å². The molecule has 0 heterocycles. The molecule has 0 aromatic heterocycles. The Bertz CT molecular complexity index is 246. The normalized spacial score (nSPS) is 20.6. The quantitative estimate of drug-likeness (QED) is 0.813. The third kappa shape index (κ3) is 4.42. The first-order valence-electron chi connectivity index (χ1n) is 7.12. The standard InChI is InChI=1S/C15H29NO/c1-11(2)16-13(14(17)15(3,4)5)12-9-7-6-8-10-12/h11-13,16H,6-10H2,1-5H3/t13-/m0/s1. The van der Waals surface area contributed by atoms with E-state index in [1.165, 1.54) is 32.1 Å². The molecule has 2 nitrogen and oxygen atoms in total. The summed E-state index contributed by atoms with van der Waals surface area (Å²) in [5.74, 6) is 0.941. The van der Waals surface area contributed by atoms with Gasteiger partial charge in [0.2, 0.25) is 0 Å². The molecule has 0 aliphatic heterocycles. The summed E-state index contributed by atoms with van der Waals surface area (Å²) in [6.45, 7) is 10.4. The highest BCUT2D eigenvalue weighted by Gasteiger charge is 2.35. The van der Waals surface area contributed by atoms with Crippen LogP contribution >= 0.6 is 0 Å². The van der Waals surface area contributed by atoms with Gasteiger partial charge in [0.25, 0.3) is 0 Å². The molecular formula is C15H29NO. The summed E-state index contributed by atoms with van der Waals surface area (Å²) in [4.78, 5) is 12.5. The average molecular weight is 239 g/mol. The summed E-state index contributed by atoms with van der Waals surface area (Å²) < 4.78 is 0. The zero-order valence-electron chi connectivity index (χ0n) is 12.2. The largest absolute Gasteiger partial charge is 0.305 e. The summed E-state index contributed by atoms with van der Waals surface area (Å²) in [7, 11) is 0. The number of nitrogens with one attached hydrogen (secondary N) is 1. The van der Waals surface area contributed by atoms with Crippen molar-refractivity contribution in [3.05, 3.63) is 0 Å². The maximum Gasteiger partial charge on any atom is 0.155 e. The van der Waals surface area contributed by atoms with E-state index < -0.39 is 0 Å². The molecule has 1 aliphatic rings. The van der Waals surface area contributed by atoms with Gasteiger partial charge in [-0.3, -0.25) is 4.79 Å². The van der Waals surface area contributed by atoms with Gasteiger partial charge in [-0.25, -0.2) is 0 Å². The molecule has 0 saturated heterocycles. The molecular weight excluding hydrogens is 210 g/mol. The van der Waals surface area contributed by atoms with Crippen molar-refractivity contribution in [3.8, 4) is 0 Å². The SMILES string of the molecule is CC(C)N[C@H](C(=O)C(C)(C)C)C1CCCCC1. The number of hydrogen-bond donors (Lipinski definition) is 1. The Morgan fingerprint density at radius 3 is 2.06 bits per heavy atom. The monoisotopic (exact) mass is 239 g/mol. The van der Waals surface area contributed by atoms with E-state index in [2.05, 4.69) is 19.2 Å². The van der Waals surface area contributed by atoms with Crippen molar-refractivity contribution >= 4 is 5.78 Å². The second-order valence-electron chi connectivity index (χ2n) is 6.81. The van der Waals surface area contributed by atoms with E-state index >= 15 is 0 Å². The molecule has 0 unspecified atom stereocenters. The van der Waals surface area contributed by atoms with Crippen molar-refractivity contribution in [1.82, 2.24) is 5.32 Å². The van der Waals surface area contributed by atoms with Crippen LogP contribution in [0.1, 0.15) is 66.7 Å². The first-order valence-corrected chi connectivity index (χ1v) is 7.12. The molecule has 0 aromatic carbocycles. The predicted molar refractivity (Wildman–Crippen MR) is 73.1 cm³/mol. The molecule has 1 fully saturated rings. The molecule has 1 atom stereocenters. The lowest BCUT2D eigenvalue weighted by atomic mass is 9.76. The van der Waals surface area contributed by atoms with E-state index in [1.807, 2.05) is 20.8 Å². The van der Waals surface area contributed by atoms with Crippen LogP contribution in [0.15, 0.2) is 0 Å². The van der Waals surface area contributed by atoms with E-state index in [0.29, 0.717) is 17.7 Å². The van der Waals surface area contributed by atoms with Crippen molar-refractivity contribution in [1.29, 1.82) is 0 Å². The fourth-order valence-electron chi connectivity index (χ4n) is 2.72. The van der Waals surface area contributed by atoms with E-state index in [-0.39, 0.29) is 11.5 Å². The topological polar surface area (TPSA) is 29.1 Å². The van der Waals surface area contributed by atoms with Crippen molar-refractivity contribution in [2.24, 2.45) is 11.3 Å². The Morgan fingerprint density at radius 1 is 1.12 bits per heavy atom. The minimum atomic E-state index is -0.232. The van der Waals surface area contributed by atoms with Gasteiger partial charge < -0.3 is 5.32 Å². The number of carbonyl (C=O) groups excluding carboxylic acids is 1. The lowest BCUT2D eigenvalue weighted by Gasteiger charge is -2.35. The Kier molecular flexibility index (Phi) is 5.18. The molecule has 100 valence electrons. The third-order valence-electron chi connectivity index (χ3n) is 3.66. The van der Waals surface area contributed by atoms with E-state index in [9.17, 15) is 4.79 Å². The van der Waals surface area contributed by atoms with Crippen LogP contribution < -0.4 is 5.32 Å². The molecule has 0 spiro atoms. The Balaban J connectivity index is 2.75. The fraction of sp³-hybridized carbons (Fsp3) is 0.933. The first kappa shape index (κ1) is 14.7. The van der Waals surface area contributed by atoms with E-state index in [4.69, 9.17) is 0 Å². The van der Waals surface area contributed by atoms with Crippen LogP contribution in [0, 0.1) is 11.3 Å². The van der Waals surface area contributed by atoms with Crippen molar-refractivity contribution in [3.63, 3.8) is 0 Å². The number of hydrogen-bond acceptors (Lipinski definition) is 2. The molecule has 0 radical (unpaired) electrons. The number of ketones is 1. The molecule has 0 aromatic rings. The van der Waals surface area contributed by atoms with Crippen LogP contribution in [-0.2, 0) is 4.79 Å². The average Bonchev–Trinajstić information content (AvgIpc) is 2.24. The zero-order valence-corrected chi connectivity index (χ0v) is 12.2. The summed E-state index contributed by atoms with van der Waals surface area (Å²) in [5.41, 5.74) is -0.232. The molecule has 1 N–H and O–H groups in total. The summed E-state index contributed by atoms with van der Waals surface area (Å²) >= 11 is 0. The summed E-state index contributed by atoms with van der Waals surface area (Å²) in [6, 6.07) is 0.448. The van der Waals surface area contributed by atoms with E-state index in [0.717, 1.165) is 0 Å². The maximum absolute atomic E-state index is 12.5. The highest BCUT2D eigenvalue weighted by atomic mass is 16.1. The van der Waals surface area contributed by atoms with Gasteiger partial charge in [0.1, 0.15) is 0 Å². The maximum atomic E-state index is 12.5. The third-order valence-corrected chi connectivity index (χ3v) is 3.66. The molecule has 0 bridgehead atoms. The lowest BCUT2D eigenvalue weighted by Crippen LogP contribution is -2.50. The molecule has 1 saturated carbocycles. The Morgan fingerprint density at radius 2 is 1.65 bits per heavy atom. The van der Waals surface area contributed by atoms with Crippen LogP contribution in [0.4, 0.5) is 0 Å². The number of Topliss-reactive ketones (excluding diaryl/α,β-unsaturated/α-hetero) is 1. The fourth-order valence-corrected chi connectivity index (χ4v) is 2.72. The van der Waals surface area contributed by atoms with Gasteiger partial charge in [-0.15, -0.1) is 0 Å². The number of carbonyl (C=O) groups is 1. The van der Waals surface area contributed by atoms with Crippen molar-refractivity contribution in [2.75, 3.05) is 0 Å². The highest BCUT2D eigenvalue weighted by Crippen LogP contribution is 2.30. The molecule has 1 rings (SSSR count). The van der Waals surface area contributed by atoms with Gasteiger partial charge in [0, 0.05) is 11.5 Å². The predicted octanol–water partition coefficient (Wildman–Crippen LogP) is 3.55. The minimum absolute atomic E-state index is 0.0651. The summed E-state index contributed by atoms with van der Waals surface area (Å²) in [6.07, 6.45) is 6.35. The van der Waals surface area contributed by atoms with Gasteiger partial charge in [-0.1, -0.05) is 53.9 Å². The van der Waals surface area contributed by atoms with Crippen LogP contribution in [0.25, 0.3) is 0 Å². The van der Waals surface area contributed by atoms with Crippen LogP contribution in [0.3, 0.4) is 0 Å². The smallest absolute Gasteiger partial charge is 0.155 e. The van der Waals surface area contributed by atoms with Gasteiger partial charge >= 0.3 is 0 Å². The van der Waals surface area contributed by atoms with Crippen LogP contribution in [0.2, 0.25) is 0 Å². The summed E-state index contributed by atoms with van der Waals surface area (Å²) in [5, 5.41) is 3.51. The minimum Gasteiger partial charge on any atom is -0.305 e.